The van der Waals surface area contributed by atoms with E-state index in [0.717, 1.165) is 18.5 Å². The standard InChI is InChI=1S/C15H24N2O2S/c1-2-17(12-15-10-6-7-11-16-15)20(18,19)13-14-8-4-3-5-9-14/h3-5,8-9,15-16H,2,6-7,10-13H2,1H3. The average molecular weight is 296 g/mol. The summed E-state index contributed by atoms with van der Waals surface area (Å²) in [6.07, 6.45) is 3.45. The monoisotopic (exact) mass is 296 g/mol. The van der Waals surface area contributed by atoms with E-state index in [1.807, 2.05) is 37.3 Å². The predicted octanol–water partition coefficient (Wildman–Crippen LogP) is 1.98. The van der Waals surface area contributed by atoms with Crippen molar-refractivity contribution < 1.29 is 8.42 Å². The van der Waals surface area contributed by atoms with Crippen molar-refractivity contribution in [2.24, 2.45) is 0 Å². The molecule has 1 unspecified atom stereocenters. The molecule has 1 aromatic carbocycles. The maximum atomic E-state index is 12.5. The first-order valence-electron chi connectivity index (χ1n) is 7.37. The van der Waals surface area contributed by atoms with Crippen LogP contribution in [0.25, 0.3) is 0 Å². The highest BCUT2D eigenvalue weighted by Crippen LogP contribution is 2.14. The molecule has 112 valence electrons. The van der Waals surface area contributed by atoms with Crippen LogP contribution in [0.5, 0.6) is 0 Å². The first kappa shape index (κ1) is 15.5. The fraction of sp³-hybridized carbons (Fsp3) is 0.600. The SMILES string of the molecule is CCN(CC1CCCCN1)S(=O)(=O)Cc1ccccc1. The van der Waals surface area contributed by atoms with Crippen LogP contribution < -0.4 is 5.32 Å². The van der Waals surface area contributed by atoms with Crippen LogP contribution >= 0.6 is 0 Å². The van der Waals surface area contributed by atoms with Gasteiger partial charge in [-0.2, -0.15) is 0 Å². The van der Waals surface area contributed by atoms with Crippen molar-refractivity contribution in [3.8, 4) is 0 Å². The molecule has 0 amide bonds. The molecule has 0 spiro atoms. The number of rotatable bonds is 6. The molecule has 4 nitrogen and oxygen atoms in total. The zero-order valence-electron chi connectivity index (χ0n) is 12.1. The van der Waals surface area contributed by atoms with E-state index in [-0.39, 0.29) is 5.75 Å². The zero-order valence-corrected chi connectivity index (χ0v) is 12.9. The summed E-state index contributed by atoms with van der Waals surface area (Å²) in [7, 11) is -3.23. The van der Waals surface area contributed by atoms with Gasteiger partial charge < -0.3 is 5.32 Å². The molecule has 1 atom stereocenters. The van der Waals surface area contributed by atoms with Gasteiger partial charge in [0.15, 0.2) is 0 Å². The van der Waals surface area contributed by atoms with Crippen molar-refractivity contribution in [3.63, 3.8) is 0 Å². The quantitative estimate of drug-likeness (QED) is 0.873. The minimum absolute atomic E-state index is 0.0917. The van der Waals surface area contributed by atoms with Crippen molar-refractivity contribution in [3.05, 3.63) is 35.9 Å². The molecule has 0 aromatic heterocycles. The summed E-state index contributed by atoms with van der Waals surface area (Å²) in [6, 6.07) is 9.69. The zero-order chi connectivity index (χ0) is 14.4. The van der Waals surface area contributed by atoms with Gasteiger partial charge in [0, 0.05) is 19.1 Å². The summed E-state index contributed by atoms with van der Waals surface area (Å²) in [5, 5.41) is 3.41. The summed E-state index contributed by atoms with van der Waals surface area (Å²) in [5.41, 5.74) is 0.850. The van der Waals surface area contributed by atoms with Crippen LogP contribution in [0.15, 0.2) is 30.3 Å². The number of hydrogen-bond acceptors (Lipinski definition) is 3. The van der Waals surface area contributed by atoms with Crippen LogP contribution in [0.2, 0.25) is 0 Å². The summed E-state index contributed by atoms with van der Waals surface area (Å²) >= 11 is 0. The number of nitrogens with one attached hydrogen (secondary N) is 1. The van der Waals surface area contributed by atoms with E-state index in [9.17, 15) is 8.42 Å². The molecule has 1 N–H and O–H groups in total. The minimum atomic E-state index is -3.23. The number of likely N-dealkylation sites (N-methyl/N-ethyl adjacent to an activating group) is 1. The Morgan fingerprint density at radius 3 is 2.60 bits per heavy atom. The summed E-state index contributed by atoms with van der Waals surface area (Å²) in [5.74, 6) is 0.0917. The third kappa shape index (κ3) is 4.30. The fourth-order valence-corrected chi connectivity index (χ4v) is 4.24. The highest BCUT2D eigenvalue weighted by Gasteiger charge is 2.25. The molecular weight excluding hydrogens is 272 g/mol. The molecule has 0 radical (unpaired) electrons. The predicted molar refractivity (Wildman–Crippen MR) is 82.0 cm³/mol. The Kier molecular flexibility index (Phi) is 5.57. The van der Waals surface area contributed by atoms with Gasteiger partial charge in [-0.1, -0.05) is 43.7 Å². The normalized spacial score (nSPS) is 20.2. The lowest BCUT2D eigenvalue weighted by atomic mass is 10.1. The lowest BCUT2D eigenvalue weighted by Gasteiger charge is -2.29. The summed E-state index contributed by atoms with van der Waals surface area (Å²) in [6.45, 7) is 4.03. The molecule has 1 heterocycles. The van der Waals surface area contributed by atoms with Crippen LogP contribution in [-0.2, 0) is 15.8 Å². The molecule has 0 aliphatic carbocycles. The smallest absolute Gasteiger partial charge is 0.218 e. The number of piperidine rings is 1. The van der Waals surface area contributed by atoms with E-state index in [4.69, 9.17) is 0 Å². The van der Waals surface area contributed by atoms with Gasteiger partial charge in [0.1, 0.15) is 0 Å². The molecule has 5 heteroatoms. The Morgan fingerprint density at radius 2 is 2.00 bits per heavy atom. The number of benzene rings is 1. The van der Waals surface area contributed by atoms with Gasteiger partial charge in [0.05, 0.1) is 5.75 Å². The van der Waals surface area contributed by atoms with E-state index in [1.54, 1.807) is 4.31 Å². The Hall–Kier alpha value is -0.910. The maximum absolute atomic E-state index is 12.5. The molecule has 1 aliphatic rings. The molecular formula is C15H24N2O2S. The van der Waals surface area contributed by atoms with E-state index < -0.39 is 10.0 Å². The molecule has 1 aromatic rings. The number of hydrogen-bond donors (Lipinski definition) is 1. The second kappa shape index (κ2) is 7.20. The third-order valence-electron chi connectivity index (χ3n) is 3.77. The highest BCUT2D eigenvalue weighted by atomic mass is 32.2. The highest BCUT2D eigenvalue weighted by molar-refractivity contribution is 7.88. The van der Waals surface area contributed by atoms with E-state index >= 15 is 0 Å². The van der Waals surface area contributed by atoms with Crippen LogP contribution in [0.1, 0.15) is 31.7 Å². The third-order valence-corrected chi connectivity index (χ3v) is 5.67. The van der Waals surface area contributed by atoms with Crippen molar-refractivity contribution >= 4 is 10.0 Å². The first-order valence-corrected chi connectivity index (χ1v) is 8.98. The van der Waals surface area contributed by atoms with Gasteiger partial charge in [0.25, 0.3) is 0 Å². The largest absolute Gasteiger partial charge is 0.313 e. The van der Waals surface area contributed by atoms with Gasteiger partial charge in [-0.3, -0.25) is 0 Å². The average Bonchev–Trinajstić information content (AvgIpc) is 2.46. The van der Waals surface area contributed by atoms with Crippen LogP contribution in [0, 0.1) is 0 Å². The Labute approximate surface area is 122 Å². The van der Waals surface area contributed by atoms with Crippen molar-refractivity contribution in [2.45, 2.75) is 38.0 Å². The molecule has 0 saturated carbocycles. The van der Waals surface area contributed by atoms with Crippen molar-refractivity contribution in [1.29, 1.82) is 0 Å². The second-order valence-corrected chi connectivity index (χ2v) is 7.31. The topological polar surface area (TPSA) is 49.4 Å². The Morgan fingerprint density at radius 1 is 1.25 bits per heavy atom. The lowest BCUT2D eigenvalue weighted by molar-refractivity contribution is 0.319. The number of sulfonamides is 1. The van der Waals surface area contributed by atoms with Crippen molar-refractivity contribution in [2.75, 3.05) is 19.6 Å². The van der Waals surface area contributed by atoms with Crippen LogP contribution in [0.4, 0.5) is 0 Å². The fourth-order valence-electron chi connectivity index (χ4n) is 2.64. The van der Waals surface area contributed by atoms with E-state index in [1.165, 1.54) is 12.8 Å². The van der Waals surface area contributed by atoms with Gasteiger partial charge >= 0.3 is 0 Å². The van der Waals surface area contributed by atoms with E-state index in [2.05, 4.69) is 5.32 Å². The molecule has 1 aliphatic heterocycles. The van der Waals surface area contributed by atoms with Crippen LogP contribution in [-0.4, -0.2) is 38.4 Å². The molecule has 0 bridgehead atoms. The van der Waals surface area contributed by atoms with Gasteiger partial charge in [0.2, 0.25) is 10.0 Å². The first-order chi connectivity index (χ1) is 9.62. The second-order valence-electron chi connectivity index (χ2n) is 5.34. The molecule has 2 rings (SSSR count). The maximum Gasteiger partial charge on any atom is 0.218 e. The Bertz CT molecular complexity index is 496. The minimum Gasteiger partial charge on any atom is -0.313 e. The molecule has 1 fully saturated rings. The van der Waals surface area contributed by atoms with Crippen molar-refractivity contribution in [1.82, 2.24) is 9.62 Å². The van der Waals surface area contributed by atoms with Crippen LogP contribution in [0.3, 0.4) is 0 Å². The van der Waals surface area contributed by atoms with Gasteiger partial charge in [-0.15, -0.1) is 0 Å². The Balaban J connectivity index is 2.01. The van der Waals surface area contributed by atoms with Gasteiger partial charge in [-0.05, 0) is 24.9 Å². The summed E-state index contributed by atoms with van der Waals surface area (Å²) in [4.78, 5) is 0. The van der Waals surface area contributed by atoms with Gasteiger partial charge in [-0.25, -0.2) is 12.7 Å². The summed E-state index contributed by atoms with van der Waals surface area (Å²) < 4.78 is 26.6. The number of nitrogens with zero attached hydrogens (tertiary/aromatic N) is 1. The van der Waals surface area contributed by atoms with E-state index in [0.29, 0.717) is 19.1 Å². The molecule has 20 heavy (non-hydrogen) atoms. The lowest BCUT2D eigenvalue weighted by Crippen LogP contribution is -2.45. The molecule has 1 saturated heterocycles.